The summed E-state index contributed by atoms with van der Waals surface area (Å²) < 4.78 is 69.0. The fraction of sp³-hybridized carbons (Fsp3) is 0.250. The topological polar surface area (TPSA) is 119 Å². The first-order valence-corrected chi connectivity index (χ1v) is 10.6. The molecule has 0 spiro atoms. The SMILES string of the molecule is O=C(COC(=O)CCNS(=O)(=O)c1cccc(C(F)(F)F)c1)NC(=O)Cc1ccccc1. The van der Waals surface area contributed by atoms with Gasteiger partial charge in [0.15, 0.2) is 6.61 Å². The fourth-order valence-corrected chi connectivity index (χ4v) is 3.52. The molecule has 2 rings (SSSR count). The van der Waals surface area contributed by atoms with Crippen molar-refractivity contribution in [2.75, 3.05) is 13.2 Å². The summed E-state index contributed by atoms with van der Waals surface area (Å²) in [5, 5.41) is 2.04. The molecule has 0 unspecified atom stereocenters. The Morgan fingerprint density at radius 3 is 2.28 bits per heavy atom. The summed E-state index contributed by atoms with van der Waals surface area (Å²) in [7, 11) is -4.30. The number of esters is 1. The van der Waals surface area contributed by atoms with Crippen molar-refractivity contribution in [1.29, 1.82) is 0 Å². The maximum absolute atomic E-state index is 12.7. The minimum absolute atomic E-state index is 0.0438. The molecule has 2 aromatic rings. The zero-order valence-electron chi connectivity index (χ0n) is 16.5. The fourth-order valence-electron chi connectivity index (χ4n) is 2.45. The molecule has 0 radical (unpaired) electrons. The Morgan fingerprint density at radius 2 is 1.62 bits per heavy atom. The summed E-state index contributed by atoms with van der Waals surface area (Å²) in [5.74, 6) is -2.39. The van der Waals surface area contributed by atoms with Crippen molar-refractivity contribution in [1.82, 2.24) is 10.0 Å². The highest BCUT2D eigenvalue weighted by atomic mass is 32.2. The zero-order valence-corrected chi connectivity index (χ0v) is 17.3. The number of sulfonamides is 1. The van der Waals surface area contributed by atoms with Crippen LogP contribution in [0.5, 0.6) is 0 Å². The molecule has 172 valence electrons. The van der Waals surface area contributed by atoms with Crippen LogP contribution in [0, 0.1) is 0 Å². The molecule has 0 fully saturated rings. The van der Waals surface area contributed by atoms with E-state index in [2.05, 4.69) is 4.74 Å². The van der Waals surface area contributed by atoms with Crippen LogP contribution in [0.1, 0.15) is 17.5 Å². The molecule has 0 heterocycles. The quantitative estimate of drug-likeness (QED) is 0.538. The molecule has 0 aliphatic carbocycles. The maximum Gasteiger partial charge on any atom is 0.416 e. The van der Waals surface area contributed by atoms with Crippen molar-refractivity contribution in [2.24, 2.45) is 0 Å². The van der Waals surface area contributed by atoms with E-state index in [4.69, 9.17) is 0 Å². The number of halogens is 3. The van der Waals surface area contributed by atoms with Gasteiger partial charge >= 0.3 is 12.1 Å². The molecule has 0 aromatic heterocycles. The van der Waals surface area contributed by atoms with E-state index in [9.17, 15) is 36.0 Å². The van der Waals surface area contributed by atoms with Crippen LogP contribution in [0.25, 0.3) is 0 Å². The monoisotopic (exact) mass is 472 g/mol. The summed E-state index contributed by atoms with van der Waals surface area (Å²) in [6.07, 6.45) is -5.24. The average Bonchev–Trinajstić information content (AvgIpc) is 2.72. The molecule has 2 amide bonds. The van der Waals surface area contributed by atoms with Crippen molar-refractivity contribution < 1.29 is 40.7 Å². The summed E-state index contributed by atoms with van der Waals surface area (Å²) in [6, 6.07) is 11.8. The lowest BCUT2D eigenvalue weighted by molar-refractivity contribution is -0.149. The first-order chi connectivity index (χ1) is 15.0. The highest BCUT2D eigenvalue weighted by molar-refractivity contribution is 7.89. The summed E-state index contributed by atoms with van der Waals surface area (Å²) >= 11 is 0. The molecule has 2 N–H and O–H groups in total. The van der Waals surface area contributed by atoms with Gasteiger partial charge in [0, 0.05) is 6.54 Å². The van der Waals surface area contributed by atoms with Gasteiger partial charge in [-0.25, -0.2) is 13.1 Å². The number of nitrogens with one attached hydrogen (secondary N) is 2. The van der Waals surface area contributed by atoms with Gasteiger partial charge in [0.1, 0.15) is 0 Å². The van der Waals surface area contributed by atoms with Gasteiger partial charge in [-0.1, -0.05) is 36.4 Å². The van der Waals surface area contributed by atoms with E-state index in [1.165, 1.54) is 0 Å². The van der Waals surface area contributed by atoms with Crippen LogP contribution in [0.3, 0.4) is 0 Å². The Bertz CT molecular complexity index is 1070. The largest absolute Gasteiger partial charge is 0.456 e. The summed E-state index contributed by atoms with van der Waals surface area (Å²) in [6.45, 7) is -1.22. The Labute approximate surface area is 181 Å². The predicted octanol–water partition coefficient (Wildman–Crippen LogP) is 1.80. The van der Waals surface area contributed by atoms with Gasteiger partial charge in [-0.05, 0) is 23.8 Å². The van der Waals surface area contributed by atoms with E-state index in [1.807, 2.05) is 10.0 Å². The number of hydrogen-bond donors (Lipinski definition) is 2. The molecule has 0 atom stereocenters. The summed E-state index contributed by atoms with van der Waals surface area (Å²) in [5.41, 5.74) is -0.449. The second-order valence-corrected chi connectivity index (χ2v) is 8.23. The van der Waals surface area contributed by atoms with Crippen LogP contribution in [0.15, 0.2) is 59.5 Å². The van der Waals surface area contributed by atoms with Crippen LogP contribution in [-0.4, -0.2) is 39.4 Å². The molecule has 0 saturated carbocycles. The van der Waals surface area contributed by atoms with E-state index in [-0.39, 0.29) is 6.42 Å². The molecule has 12 heteroatoms. The molecule has 0 bridgehead atoms. The van der Waals surface area contributed by atoms with Crippen LogP contribution in [0.2, 0.25) is 0 Å². The number of hydrogen-bond acceptors (Lipinski definition) is 6. The van der Waals surface area contributed by atoms with E-state index < -0.39 is 64.0 Å². The Hall–Kier alpha value is -3.25. The number of imide groups is 1. The molecule has 2 aromatic carbocycles. The van der Waals surface area contributed by atoms with Crippen molar-refractivity contribution in [3.63, 3.8) is 0 Å². The van der Waals surface area contributed by atoms with E-state index in [1.54, 1.807) is 30.3 Å². The standard InChI is InChI=1S/C20H19F3N2O6S/c21-20(22,23)15-7-4-8-16(12-15)32(29,30)24-10-9-19(28)31-13-18(27)25-17(26)11-14-5-2-1-3-6-14/h1-8,12,24H,9-11,13H2,(H,25,26,27). The van der Waals surface area contributed by atoms with Gasteiger partial charge in [0.05, 0.1) is 23.3 Å². The summed E-state index contributed by atoms with van der Waals surface area (Å²) in [4.78, 5) is 34.5. The second-order valence-electron chi connectivity index (χ2n) is 6.47. The Kier molecular flexibility index (Phi) is 8.49. The van der Waals surface area contributed by atoms with Gasteiger partial charge in [0.25, 0.3) is 5.91 Å². The van der Waals surface area contributed by atoms with Gasteiger partial charge in [-0.2, -0.15) is 13.2 Å². The van der Waals surface area contributed by atoms with Crippen molar-refractivity contribution >= 4 is 27.8 Å². The third-order valence-electron chi connectivity index (χ3n) is 3.94. The molecule has 32 heavy (non-hydrogen) atoms. The first kappa shape index (κ1) is 25.0. The van der Waals surface area contributed by atoms with Crippen LogP contribution in [0.4, 0.5) is 13.2 Å². The maximum atomic E-state index is 12.7. The number of ether oxygens (including phenoxy) is 1. The van der Waals surface area contributed by atoms with E-state index in [0.717, 1.165) is 18.2 Å². The normalized spacial score (nSPS) is 11.6. The minimum Gasteiger partial charge on any atom is -0.456 e. The van der Waals surface area contributed by atoms with Crippen molar-refractivity contribution in [2.45, 2.75) is 23.9 Å². The third-order valence-corrected chi connectivity index (χ3v) is 5.40. The van der Waals surface area contributed by atoms with Crippen molar-refractivity contribution in [3.05, 3.63) is 65.7 Å². The number of amides is 2. The molecular formula is C20H19F3N2O6S. The number of alkyl halides is 3. The van der Waals surface area contributed by atoms with Gasteiger partial charge in [-0.3, -0.25) is 19.7 Å². The number of rotatable bonds is 9. The van der Waals surface area contributed by atoms with Gasteiger partial charge in [0.2, 0.25) is 15.9 Å². The highest BCUT2D eigenvalue weighted by Gasteiger charge is 2.31. The lowest BCUT2D eigenvalue weighted by Gasteiger charge is -2.10. The Balaban J connectivity index is 1.75. The van der Waals surface area contributed by atoms with Crippen LogP contribution < -0.4 is 10.0 Å². The molecule has 0 aliphatic heterocycles. The smallest absolute Gasteiger partial charge is 0.416 e. The van der Waals surface area contributed by atoms with Crippen molar-refractivity contribution in [3.8, 4) is 0 Å². The average molecular weight is 472 g/mol. The molecule has 8 nitrogen and oxygen atoms in total. The van der Waals surface area contributed by atoms with E-state index in [0.29, 0.717) is 11.6 Å². The molecular weight excluding hydrogens is 453 g/mol. The minimum atomic E-state index is -4.71. The molecule has 0 aliphatic rings. The predicted molar refractivity (Wildman–Crippen MR) is 106 cm³/mol. The van der Waals surface area contributed by atoms with Gasteiger partial charge in [-0.15, -0.1) is 0 Å². The zero-order chi connectivity index (χ0) is 23.8. The molecule has 0 saturated heterocycles. The second kappa shape index (κ2) is 10.9. The first-order valence-electron chi connectivity index (χ1n) is 9.16. The van der Waals surface area contributed by atoms with Crippen LogP contribution in [-0.2, 0) is 41.7 Å². The van der Waals surface area contributed by atoms with Gasteiger partial charge < -0.3 is 4.74 Å². The highest BCUT2D eigenvalue weighted by Crippen LogP contribution is 2.30. The number of benzene rings is 2. The lowest BCUT2D eigenvalue weighted by Crippen LogP contribution is -2.35. The number of carbonyl (C=O) groups is 3. The number of carbonyl (C=O) groups excluding carboxylic acids is 3. The lowest BCUT2D eigenvalue weighted by atomic mass is 10.1. The van der Waals surface area contributed by atoms with E-state index >= 15 is 0 Å². The van der Waals surface area contributed by atoms with Crippen LogP contribution >= 0.6 is 0 Å². The Morgan fingerprint density at radius 1 is 0.938 bits per heavy atom. The third kappa shape index (κ3) is 8.12.